The van der Waals surface area contributed by atoms with Gasteiger partial charge in [-0.15, -0.1) is 0 Å². The van der Waals surface area contributed by atoms with Gasteiger partial charge >= 0.3 is 0 Å². The first-order chi connectivity index (χ1) is 8.61. The van der Waals surface area contributed by atoms with Gasteiger partial charge in [-0.05, 0) is 19.1 Å². The van der Waals surface area contributed by atoms with Gasteiger partial charge in [0, 0.05) is 37.2 Å². The number of nitrogens with one attached hydrogen (secondary N) is 1. The summed E-state index contributed by atoms with van der Waals surface area (Å²) in [6.45, 7) is 6.52. The normalized spacial score (nSPS) is 25.1. The third kappa shape index (κ3) is 3.11. The van der Waals surface area contributed by atoms with E-state index in [1.165, 1.54) is 5.75 Å². The van der Waals surface area contributed by atoms with Crippen molar-refractivity contribution in [3.05, 3.63) is 22.8 Å². The molecule has 1 aliphatic heterocycles. The van der Waals surface area contributed by atoms with Crippen molar-refractivity contribution in [1.29, 1.82) is 0 Å². The largest absolute Gasteiger partial charge is 0.373 e. The number of anilines is 1. The van der Waals surface area contributed by atoms with E-state index in [-0.39, 0.29) is 0 Å². The zero-order chi connectivity index (χ0) is 13.1. The monoisotopic (exact) mass is 285 g/mol. The van der Waals surface area contributed by atoms with E-state index in [4.69, 9.17) is 11.6 Å². The van der Waals surface area contributed by atoms with Gasteiger partial charge in [0.15, 0.2) is 0 Å². The van der Waals surface area contributed by atoms with Crippen LogP contribution in [0.5, 0.6) is 0 Å². The second kappa shape index (κ2) is 6.13. The number of pyridine rings is 1. The summed E-state index contributed by atoms with van der Waals surface area (Å²) in [5, 5.41) is 4.49. The summed E-state index contributed by atoms with van der Waals surface area (Å²) < 4.78 is 0. The van der Waals surface area contributed by atoms with E-state index < -0.39 is 0 Å². The SMILES string of the molecule is CNc1ccc(Cl)c(CN2CCSC(C)C2C)n1. The Bertz CT molecular complexity index is 413. The van der Waals surface area contributed by atoms with E-state index in [0.29, 0.717) is 11.3 Å². The number of halogens is 1. The van der Waals surface area contributed by atoms with E-state index >= 15 is 0 Å². The fourth-order valence-corrected chi connectivity index (χ4v) is 3.47. The molecular weight excluding hydrogens is 266 g/mol. The number of aromatic nitrogens is 1. The summed E-state index contributed by atoms with van der Waals surface area (Å²) in [7, 11) is 1.88. The lowest BCUT2D eigenvalue weighted by Gasteiger charge is -2.37. The highest BCUT2D eigenvalue weighted by Crippen LogP contribution is 2.27. The van der Waals surface area contributed by atoms with Gasteiger partial charge in [-0.3, -0.25) is 4.90 Å². The minimum atomic E-state index is 0.569. The molecule has 0 radical (unpaired) electrons. The number of hydrogen-bond donors (Lipinski definition) is 1. The van der Waals surface area contributed by atoms with Crippen LogP contribution >= 0.6 is 23.4 Å². The molecular formula is C13H20ClN3S. The third-order valence-corrected chi connectivity index (χ3v) is 5.22. The summed E-state index contributed by atoms with van der Waals surface area (Å²) in [6, 6.07) is 4.40. The standard InChI is InChI=1S/C13H20ClN3S/c1-9-10(2)18-7-6-17(9)8-12-11(14)4-5-13(15-3)16-12/h4-5,9-10H,6-8H2,1-3H3,(H,15,16). The molecule has 0 aromatic carbocycles. The highest BCUT2D eigenvalue weighted by atomic mass is 35.5. The molecule has 1 fully saturated rings. The van der Waals surface area contributed by atoms with E-state index in [0.717, 1.165) is 29.6 Å². The molecule has 3 nitrogen and oxygen atoms in total. The maximum atomic E-state index is 6.23. The zero-order valence-electron chi connectivity index (χ0n) is 11.1. The predicted octanol–water partition coefficient (Wildman–Crippen LogP) is 3.10. The Morgan fingerprint density at radius 2 is 2.28 bits per heavy atom. The van der Waals surface area contributed by atoms with Crippen molar-refractivity contribution < 1.29 is 0 Å². The Morgan fingerprint density at radius 3 is 3.00 bits per heavy atom. The maximum absolute atomic E-state index is 6.23. The van der Waals surface area contributed by atoms with Gasteiger partial charge in [0.25, 0.3) is 0 Å². The molecule has 0 saturated carbocycles. The van der Waals surface area contributed by atoms with Gasteiger partial charge in [-0.25, -0.2) is 4.98 Å². The van der Waals surface area contributed by atoms with Crippen LogP contribution in [0.4, 0.5) is 5.82 Å². The molecule has 5 heteroatoms. The molecule has 1 saturated heterocycles. The van der Waals surface area contributed by atoms with Crippen LogP contribution in [0.2, 0.25) is 5.02 Å². The first kappa shape index (κ1) is 14.0. The molecule has 2 heterocycles. The minimum absolute atomic E-state index is 0.569. The number of hydrogen-bond acceptors (Lipinski definition) is 4. The van der Waals surface area contributed by atoms with E-state index in [1.54, 1.807) is 0 Å². The molecule has 1 aromatic heterocycles. The number of thioether (sulfide) groups is 1. The second-order valence-electron chi connectivity index (χ2n) is 4.66. The molecule has 1 N–H and O–H groups in total. The summed E-state index contributed by atoms with van der Waals surface area (Å²) in [5.74, 6) is 2.07. The van der Waals surface area contributed by atoms with E-state index in [9.17, 15) is 0 Å². The Labute approximate surface area is 118 Å². The molecule has 0 aliphatic carbocycles. The van der Waals surface area contributed by atoms with Gasteiger partial charge in [0.2, 0.25) is 0 Å². The molecule has 100 valence electrons. The molecule has 0 spiro atoms. The number of rotatable bonds is 3. The second-order valence-corrected chi connectivity index (χ2v) is 6.55. The summed E-state index contributed by atoms with van der Waals surface area (Å²) in [4.78, 5) is 7.02. The molecule has 2 rings (SSSR count). The average molecular weight is 286 g/mol. The fraction of sp³-hybridized carbons (Fsp3) is 0.615. The molecule has 18 heavy (non-hydrogen) atoms. The average Bonchev–Trinajstić information content (AvgIpc) is 2.37. The van der Waals surface area contributed by atoms with Crippen molar-refractivity contribution >= 4 is 29.2 Å². The molecule has 2 atom stereocenters. The van der Waals surface area contributed by atoms with Crippen molar-refractivity contribution in [2.75, 3.05) is 24.7 Å². The van der Waals surface area contributed by atoms with Crippen LogP contribution in [0.15, 0.2) is 12.1 Å². The van der Waals surface area contributed by atoms with Crippen LogP contribution in [0.1, 0.15) is 19.5 Å². The highest BCUT2D eigenvalue weighted by molar-refractivity contribution is 8.00. The third-order valence-electron chi connectivity index (χ3n) is 3.54. The molecule has 1 aromatic rings. The molecule has 2 unspecified atom stereocenters. The van der Waals surface area contributed by atoms with Gasteiger partial charge in [-0.1, -0.05) is 18.5 Å². The first-order valence-corrected chi connectivity index (χ1v) is 7.73. The topological polar surface area (TPSA) is 28.2 Å². The predicted molar refractivity (Wildman–Crippen MR) is 80.6 cm³/mol. The van der Waals surface area contributed by atoms with Gasteiger partial charge in [-0.2, -0.15) is 11.8 Å². The molecule has 0 amide bonds. The Hall–Kier alpha value is -0.450. The Balaban J connectivity index is 2.12. The van der Waals surface area contributed by atoms with E-state index in [2.05, 4.69) is 29.0 Å². The van der Waals surface area contributed by atoms with Crippen LogP contribution in [-0.2, 0) is 6.54 Å². The fourth-order valence-electron chi connectivity index (χ4n) is 2.15. The van der Waals surface area contributed by atoms with Crippen LogP contribution in [0.25, 0.3) is 0 Å². The van der Waals surface area contributed by atoms with Gasteiger partial charge in [0.05, 0.1) is 10.7 Å². The highest BCUT2D eigenvalue weighted by Gasteiger charge is 2.25. The summed E-state index contributed by atoms with van der Waals surface area (Å²) >= 11 is 8.28. The lowest BCUT2D eigenvalue weighted by molar-refractivity contribution is 0.202. The van der Waals surface area contributed by atoms with Crippen molar-refractivity contribution in [2.24, 2.45) is 0 Å². The van der Waals surface area contributed by atoms with Crippen LogP contribution in [-0.4, -0.2) is 40.5 Å². The molecule has 0 bridgehead atoms. The summed E-state index contributed by atoms with van der Waals surface area (Å²) in [5.41, 5.74) is 0.967. The first-order valence-electron chi connectivity index (χ1n) is 6.30. The van der Waals surface area contributed by atoms with Crippen molar-refractivity contribution in [3.63, 3.8) is 0 Å². The van der Waals surface area contributed by atoms with Crippen molar-refractivity contribution in [3.8, 4) is 0 Å². The van der Waals surface area contributed by atoms with Crippen molar-refractivity contribution in [1.82, 2.24) is 9.88 Å². The quantitative estimate of drug-likeness (QED) is 0.924. The smallest absolute Gasteiger partial charge is 0.126 e. The minimum Gasteiger partial charge on any atom is -0.373 e. The lowest BCUT2D eigenvalue weighted by atomic mass is 10.2. The Morgan fingerprint density at radius 1 is 1.50 bits per heavy atom. The van der Waals surface area contributed by atoms with Crippen molar-refractivity contribution in [2.45, 2.75) is 31.7 Å². The van der Waals surface area contributed by atoms with Crippen LogP contribution in [0.3, 0.4) is 0 Å². The van der Waals surface area contributed by atoms with Crippen LogP contribution in [0, 0.1) is 0 Å². The maximum Gasteiger partial charge on any atom is 0.126 e. The lowest BCUT2D eigenvalue weighted by Crippen LogP contribution is -2.44. The van der Waals surface area contributed by atoms with Gasteiger partial charge < -0.3 is 5.32 Å². The van der Waals surface area contributed by atoms with Crippen LogP contribution < -0.4 is 5.32 Å². The Kier molecular flexibility index (Phi) is 4.76. The number of nitrogens with zero attached hydrogens (tertiary/aromatic N) is 2. The van der Waals surface area contributed by atoms with E-state index in [1.807, 2.05) is 30.9 Å². The molecule has 1 aliphatic rings. The summed E-state index contributed by atoms with van der Waals surface area (Å²) in [6.07, 6.45) is 0. The van der Waals surface area contributed by atoms with Gasteiger partial charge in [0.1, 0.15) is 5.82 Å². The zero-order valence-corrected chi connectivity index (χ0v) is 12.7.